The number of aromatic nitrogens is 5. The van der Waals surface area contributed by atoms with Crippen molar-refractivity contribution in [1.82, 2.24) is 29.4 Å². The van der Waals surface area contributed by atoms with E-state index < -0.39 is 0 Å². The van der Waals surface area contributed by atoms with Crippen LogP contribution in [0.5, 0.6) is 0 Å². The minimum absolute atomic E-state index is 0.161. The Kier molecular flexibility index (Phi) is 5.45. The molecule has 0 spiro atoms. The monoisotopic (exact) mass is 465 g/mol. The van der Waals surface area contributed by atoms with E-state index in [1.807, 2.05) is 32.2 Å². The number of anilines is 1. The Balaban J connectivity index is 1.72. The Morgan fingerprint density at radius 1 is 1.20 bits per heavy atom. The fourth-order valence-corrected chi connectivity index (χ4v) is 3.48. The van der Waals surface area contributed by atoms with Crippen LogP contribution in [0, 0.1) is 0 Å². The number of aryl methyl sites for hydroxylation is 1. The number of amides is 1. The van der Waals surface area contributed by atoms with Gasteiger partial charge in [-0.25, -0.2) is 15.0 Å². The van der Waals surface area contributed by atoms with Crippen LogP contribution >= 0.6 is 15.9 Å². The predicted molar refractivity (Wildman–Crippen MR) is 117 cm³/mol. The second-order valence-corrected chi connectivity index (χ2v) is 7.83. The highest BCUT2D eigenvalue weighted by atomic mass is 79.9. The Bertz CT molecular complexity index is 1190. The van der Waals surface area contributed by atoms with Gasteiger partial charge in [0.05, 0.1) is 29.3 Å². The van der Waals surface area contributed by atoms with Gasteiger partial charge in [-0.2, -0.15) is 0 Å². The first-order valence-electron chi connectivity index (χ1n) is 9.34. The Morgan fingerprint density at radius 2 is 1.97 bits per heavy atom. The summed E-state index contributed by atoms with van der Waals surface area (Å²) in [7, 11) is 1.84. The van der Waals surface area contributed by atoms with E-state index in [-0.39, 0.29) is 11.9 Å². The molecule has 0 saturated carbocycles. The van der Waals surface area contributed by atoms with E-state index in [1.165, 1.54) is 0 Å². The summed E-state index contributed by atoms with van der Waals surface area (Å²) in [5.74, 6) is 0.800. The lowest BCUT2D eigenvalue weighted by Gasteiger charge is -2.28. The van der Waals surface area contributed by atoms with Crippen molar-refractivity contribution in [2.75, 3.05) is 5.73 Å². The highest BCUT2D eigenvalue weighted by Gasteiger charge is 2.26. The van der Waals surface area contributed by atoms with Crippen molar-refractivity contribution in [2.45, 2.75) is 19.5 Å². The van der Waals surface area contributed by atoms with Gasteiger partial charge in [0.15, 0.2) is 0 Å². The Labute approximate surface area is 181 Å². The summed E-state index contributed by atoms with van der Waals surface area (Å²) < 4.78 is 2.66. The summed E-state index contributed by atoms with van der Waals surface area (Å²) in [5, 5.41) is 0. The highest BCUT2D eigenvalue weighted by molar-refractivity contribution is 9.10. The molecular weight excluding hydrogens is 446 g/mol. The van der Waals surface area contributed by atoms with Gasteiger partial charge in [0.1, 0.15) is 5.82 Å². The number of hydrogen-bond donors (Lipinski definition) is 1. The minimum Gasteiger partial charge on any atom is -0.369 e. The molecule has 3 aromatic heterocycles. The summed E-state index contributed by atoms with van der Waals surface area (Å²) in [6.45, 7) is 2.22. The Morgan fingerprint density at radius 3 is 2.67 bits per heavy atom. The van der Waals surface area contributed by atoms with Gasteiger partial charge in [-0.15, -0.1) is 0 Å². The van der Waals surface area contributed by atoms with Gasteiger partial charge in [0, 0.05) is 35.7 Å². The van der Waals surface area contributed by atoms with Crippen molar-refractivity contribution in [3.05, 3.63) is 76.5 Å². The molecule has 2 N–H and O–H groups in total. The predicted octanol–water partition coefficient (Wildman–Crippen LogP) is 3.51. The third kappa shape index (κ3) is 3.88. The van der Waals surface area contributed by atoms with Crippen molar-refractivity contribution in [3.63, 3.8) is 0 Å². The number of pyridine rings is 1. The number of nitrogen functional groups attached to an aromatic ring is 1. The lowest BCUT2D eigenvalue weighted by molar-refractivity contribution is 0.0663. The first-order chi connectivity index (χ1) is 14.4. The smallest absolute Gasteiger partial charge is 0.254 e. The van der Waals surface area contributed by atoms with Crippen molar-refractivity contribution in [1.29, 1.82) is 0 Å². The van der Waals surface area contributed by atoms with Crippen molar-refractivity contribution < 1.29 is 4.79 Å². The molecule has 1 aromatic carbocycles. The number of hydrogen-bond acceptors (Lipinski definition) is 6. The number of halogens is 1. The zero-order valence-corrected chi connectivity index (χ0v) is 18.1. The zero-order valence-electron chi connectivity index (χ0n) is 16.5. The molecule has 0 aliphatic carbocycles. The largest absolute Gasteiger partial charge is 0.369 e. The number of nitrogens with two attached hydrogens (primary N) is 1. The third-order valence-electron chi connectivity index (χ3n) is 4.97. The third-order valence-corrected chi connectivity index (χ3v) is 5.44. The lowest BCUT2D eigenvalue weighted by Crippen LogP contribution is -2.34. The summed E-state index contributed by atoms with van der Waals surface area (Å²) in [6.07, 6.45) is 5.05. The van der Waals surface area contributed by atoms with Crippen LogP contribution in [0.1, 0.15) is 34.8 Å². The maximum atomic E-state index is 13.5. The van der Waals surface area contributed by atoms with Gasteiger partial charge < -0.3 is 15.2 Å². The molecule has 4 rings (SSSR count). The average molecular weight is 466 g/mol. The van der Waals surface area contributed by atoms with Crippen LogP contribution in [0.4, 0.5) is 5.95 Å². The van der Waals surface area contributed by atoms with Gasteiger partial charge in [-0.1, -0.05) is 0 Å². The van der Waals surface area contributed by atoms with E-state index in [0.717, 1.165) is 15.7 Å². The number of fused-ring (bicyclic) bond motifs is 1. The second kappa shape index (κ2) is 8.19. The van der Waals surface area contributed by atoms with Crippen molar-refractivity contribution in [3.8, 4) is 0 Å². The van der Waals surface area contributed by atoms with Gasteiger partial charge >= 0.3 is 0 Å². The highest BCUT2D eigenvalue weighted by Crippen LogP contribution is 2.24. The molecule has 1 unspecified atom stereocenters. The Hall–Kier alpha value is -3.33. The van der Waals surface area contributed by atoms with E-state index in [0.29, 0.717) is 29.4 Å². The molecule has 1 atom stereocenters. The van der Waals surface area contributed by atoms with Crippen LogP contribution in [0.15, 0.2) is 59.5 Å². The first-order valence-corrected chi connectivity index (χ1v) is 10.1. The van der Waals surface area contributed by atoms with Gasteiger partial charge in [-0.05, 0) is 59.3 Å². The number of nitrogens with zero attached hydrogens (tertiary/aromatic N) is 6. The molecule has 0 aliphatic rings. The summed E-state index contributed by atoms with van der Waals surface area (Å²) in [5.41, 5.74) is 8.72. The van der Waals surface area contributed by atoms with Gasteiger partial charge in [-0.3, -0.25) is 9.78 Å². The van der Waals surface area contributed by atoms with Crippen LogP contribution in [-0.2, 0) is 13.6 Å². The van der Waals surface area contributed by atoms with Crippen LogP contribution in [-0.4, -0.2) is 35.3 Å². The quantitative estimate of drug-likeness (QED) is 0.483. The van der Waals surface area contributed by atoms with Crippen LogP contribution in [0.25, 0.3) is 11.0 Å². The van der Waals surface area contributed by atoms with E-state index in [2.05, 4.69) is 35.9 Å². The number of carbonyl (C=O) groups is 1. The topological polar surface area (TPSA) is 103 Å². The van der Waals surface area contributed by atoms with Gasteiger partial charge in [0.2, 0.25) is 5.95 Å². The molecule has 152 valence electrons. The van der Waals surface area contributed by atoms with E-state index >= 15 is 0 Å². The SMILES string of the molecule is CC(c1ncccn1)N(Cc1ccc(Br)cn1)C(=O)c1ccc2c(c1)nc(N)n2C. The maximum Gasteiger partial charge on any atom is 0.254 e. The molecule has 0 fully saturated rings. The number of imidazole rings is 1. The van der Waals surface area contributed by atoms with E-state index in [9.17, 15) is 4.79 Å². The van der Waals surface area contributed by atoms with Crippen LogP contribution in [0.2, 0.25) is 0 Å². The van der Waals surface area contributed by atoms with E-state index in [1.54, 1.807) is 46.3 Å². The lowest BCUT2D eigenvalue weighted by atomic mass is 10.1. The fraction of sp³-hybridized carbons (Fsp3) is 0.190. The summed E-state index contributed by atoms with van der Waals surface area (Å²) in [6, 6.07) is 10.6. The van der Waals surface area contributed by atoms with Crippen LogP contribution in [0.3, 0.4) is 0 Å². The van der Waals surface area contributed by atoms with E-state index in [4.69, 9.17) is 5.73 Å². The van der Waals surface area contributed by atoms with Crippen LogP contribution < -0.4 is 5.73 Å². The molecule has 4 aromatic rings. The molecule has 0 bridgehead atoms. The zero-order chi connectivity index (χ0) is 21.3. The fourth-order valence-electron chi connectivity index (χ4n) is 3.24. The summed E-state index contributed by atoms with van der Waals surface area (Å²) >= 11 is 3.39. The normalized spacial score (nSPS) is 12.1. The number of benzene rings is 1. The average Bonchev–Trinajstić information content (AvgIpc) is 3.06. The second-order valence-electron chi connectivity index (χ2n) is 6.92. The molecule has 8 nitrogen and oxygen atoms in total. The molecule has 0 radical (unpaired) electrons. The summed E-state index contributed by atoms with van der Waals surface area (Å²) in [4.78, 5) is 32.7. The van der Waals surface area contributed by atoms with Crippen molar-refractivity contribution >= 4 is 38.8 Å². The number of rotatable bonds is 5. The number of carbonyl (C=O) groups excluding carboxylic acids is 1. The molecule has 30 heavy (non-hydrogen) atoms. The first kappa shape index (κ1) is 20.0. The molecule has 0 saturated heterocycles. The minimum atomic E-state index is -0.353. The molecule has 3 heterocycles. The standard InChI is InChI=1S/C21H20BrN7O/c1-13(19-24-8-3-9-25-19)29(12-16-6-5-15(22)11-26-16)20(30)14-4-7-18-17(10-14)27-21(23)28(18)2/h3-11,13H,12H2,1-2H3,(H2,23,27). The van der Waals surface area contributed by atoms with Crippen molar-refractivity contribution in [2.24, 2.45) is 7.05 Å². The molecule has 9 heteroatoms. The maximum absolute atomic E-state index is 13.5. The molecular formula is C21H20BrN7O. The molecule has 0 aliphatic heterocycles. The molecule has 1 amide bonds. The van der Waals surface area contributed by atoms with Gasteiger partial charge in [0.25, 0.3) is 5.91 Å².